The molecule has 100 valence electrons. The summed E-state index contributed by atoms with van der Waals surface area (Å²) in [5.74, 6) is -0.0250. The highest BCUT2D eigenvalue weighted by Gasteiger charge is 2.09. The smallest absolute Gasteiger partial charge is 0.221 e. The summed E-state index contributed by atoms with van der Waals surface area (Å²) < 4.78 is 1.93. The molecule has 2 rings (SSSR count). The first-order valence-electron chi connectivity index (χ1n) is 6.28. The molecule has 1 aromatic carbocycles. The molecule has 0 aliphatic rings. The monoisotopic (exact) mass is 258 g/mol. The van der Waals surface area contributed by atoms with Gasteiger partial charge in [-0.3, -0.25) is 4.79 Å². The third-order valence-corrected chi connectivity index (χ3v) is 2.92. The van der Waals surface area contributed by atoms with Crippen LogP contribution in [0.4, 0.5) is 0 Å². The van der Waals surface area contributed by atoms with Crippen molar-refractivity contribution in [2.24, 2.45) is 5.73 Å². The largest absolute Gasteiger partial charge is 0.350 e. The van der Waals surface area contributed by atoms with Crippen LogP contribution >= 0.6 is 0 Å². The predicted molar refractivity (Wildman–Crippen MR) is 73.8 cm³/mol. The van der Waals surface area contributed by atoms with Crippen LogP contribution in [0.1, 0.15) is 24.9 Å². The lowest BCUT2D eigenvalue weighted by atomic mass is 10.1. The number of nitrogens with two attached hydrogens (primary N) is 1. The van der Waals surface area contributed by atoms with Crippen LogP contribution in [0.5, 0.6) is 0 Å². The molecule has 1 atom stereocenters. The van der Waals surface area contributed by atoms with Gasteiger partial charge in [0.05, 0.1) is 12.4 Å². The number of hydrogen-bond donors (Lipinski definition) is 2. The quantitative estimate of drug-likeness (QED) is 0.851. The van der Waals surface area contributed by atoms with Crippen LogP contribution in [-0.2, 0) is 4.79 Å². The lowest BCUT2D eigenvalue weighted by Gasteiger charge is -2.15. The molecule has 0 radical (unpaired) electrons. The van der Waals surface area contributed by atoms with E-state index in [-0.39, 0.29) is 11.9 Å². The van der Waals surface area contributed by atoms with Gasteiger partial charge in [-0.1, -0.05) is 12.1 Å². The highest BCUT2D eigenvalue weighted by atomic mass is 16.1. The van der Waals surface area contributed by atoms with Crippen molar-refractivity contribution in [2.75, 3.05) is 6.54 Å². The zero-order chi connectivity index (χ0) is 13.7. The Morgan fingerprint density at radius 1 is 1.53 bits per heavy atom. The average Bonchev–Trinajstić information content (AvgIpc) is 2.93. The number of imidazole rings is 1. The molecule has 5 nitrogen and oxygen atoms in total. The molecule has 0 aliphatic heterocycles. The third-order valence-electron chi connectivity index (χ3n) is 2.92. The van der Waals surface area contributed by atoms with Crippen molar-refractivity contribution in [3.63, 3.8) is 0 Å². The summed E-state index contributed by atoms with van der Waals surface area (Å²) >= 11 is 0. The van der Waals surface area contributed by atoms with Gasteiger partial charge >= 0.3 is 0 Å². The van der Waals surface area contributed by atoms with Crippen LogP contribution in [0.3, 0.4) is 0 Å². The Bertz CT molecular complexity index is 536. The van der Waals surface area contributed by atoms with E-state index in [0.717, 1.165) is 11.3 Å². The summed E-state index contributed by atoms with van der Waals surface area (Å²) in [6.07, 6.45) is 5.72. The number of carbonyl (C=O) groups is 1. The van der Waals surface area contributed by atoms with Crippen LogP contribution in [-0.4, -0.2) is 22.0 Å². The number of rotatable bonds is 5. The van der Waals surface area contributed by atoms with E-state index in [9.17, 15) is 4.79 Å². The predicted octanol–water partition coefficient (Wildman–Crippen LogP) is 1.40. The molecule has 0 saturated heterocycles. The molecule has 3 N–H and O–H groups in total. The number of hydrogen-bond acceptors (Lipinski definition) is 3. The maximum absolute atomic E-state index is 11.5. The van der Waals surface area contributed by atoms with E-state index in [0.29, 0.717) is 13.0 Å². The Hall–Kier alpha value is -2.14. The van der Waals surface area contributed by atoms with E-state index < -0.39 is 0 Å². The van der Waals surface area contributed by atoms with Gasteiger partial charge in [-0.25, -0.2) is 4.98 Å². The fourth-order valence-electron chi connectivity index (χ4n) is 1.89. The third kappa shape index (κ3) is 3.42. The molecule has 1 aromatic heterocycles. The summed E-state index contributed by atoms with van der Waals surface area (Å²) in [7, 11) is 0. The first-order valence-corrected chi connectivity index (χ1v) is 6.28. The fraction of sp³-hybridized carbons (Fsp3) is 0.286. The molecule has 0 aliphatic carbocycles. The number of aromatic nitrogens is 2. The molecular formula is C14H18N4O. The van der Waals surface area contributed by atoms with Gasteiger partial charge in [0.1, 0.15) is 0 Å². The van der Waals surface area contributed by atoms with Crippen LogP contribution in [0.2, 0.25) is 0 Å². The Morgan fingerprint density at radius 2 is 2.37 bits per heavy atom. The highest BCUT2D eigenvalue weighted by Crippen LogP contribution is 2.16. The van der Waals surface area contributed by atoms with Crippen molar-refractivity contribution in [1.29, 1.82) is 0 Å². The van der Waals surface area contributed by atoms with Crippen LogP contribution < -0.4 is 11.1 Å². The lowest BCUT2D eigenvalue weighted by molar-refractivity contribution is -0.121. The van der Waals surface area contributed by atoms with Crippen molar-refractivity contribution >= 4 is 5.91 Å². The minimum absolute atomic E-state index is 0.0250. The zero-order valence-electron chi connectivity index (χ0n) is 10.9. The van der Waals surface area contributed by atoms with Gasteiger partial charge in [-0.2, -0.15) is 0 Å². The van der Waals surface area contributed by atoms with Crippen molar-refractivity contribution in [3.05, 3.63) is 48.5 Å². The van der Waals surface area contributed by atoms with E-state index in [2.05, 4.69) is 10.3 Å². The summed E-state index contributed by atoms with van der Waals surface area (Å²) in [5.41, 5.74) is 7.44. The minimum atomic E-state index is -0.0393. The second-order valence-electron chi connectivity index (χ2n) is 4.39. The van der Waals surface area contributed by atoms with Crippen molar-refractivity contribution in [2.45, 2.75) is 19.4 Å². The van der Waals surface area contributed by atoms with Gasteiger partial charge in [-0.15, -0.1) is 0 Å². The Balaban J connectivity index is 2.12. The summed E-state index contributed by atoms with van der Waals surface area (Å²) in [6.45, 7) is 2.33. The number of nitrogens with zero attached hydrogens (tertiary/aromatic N) is 2. The van der Waals surface area contributed by atoms with Crippen LogP contribution in [0.25, 0.3) is 5.69 Å². The summed E-state index contributed by atoms with van der Waals surface area (Å²) in [5, 5.41) is 2.93. The van der Waals surface area contributed by atoms with Crippen molar-refractivity contribution < 1.29 is 4.79 Å². The van der Waals surface area contributed by atoms with Crippen molar-refractivity contribution in [3.8, 4) is 5.69 Å². The van der Waals surface area contributed by atoms with E-state index >= 15 is 0 Å². The SMILES string of the molecule is CC(NC(=O)CCN)c1cccc(-n2ccnc2)c1. The Kier molecular flexibility index (Phi) is 4.30. The molecular weight excluding hydrogens is 240 g/mol. The Labute approximate surface area is 112 Å². The van der Waals surface area contributed by atoms with Gasteiger partial charge < -0.3 is 15.6 Å². The minimum Gasteiger partial charge on any atom is -0.350 e. The first-order chi connectivity index (χ1) is 9.20. The summed E-state index contributed by atoms with van der Waals surface area (Å²) in [4.78, 5) is 15.6. The van der Waals surface area contributed by atoms with Gasteiger partial charge in [0.25, 0.3) is 0 Å². The fourth-order valence-corrected chi connectivity index (χ4v) is 1.89. The second kappa shape index (κ2) is 6.15. The molecule has 0 fully saturated rings. The van der Waals surface area contributed by atoms with Crippen molar-refractivity contribution in [1.82, 2.24) is 14.9 Å². The molecule has 1 unspecified atom stereocenters. The average molecular weight is 258 g/mol. The van der Waals surface area contributed by atoms with Gasteiger partial charge in [0, 0.05) is 31.0 Å². The topological polar surface area (TPSA) is 72.9 Å². The number of benzene rings is 1. The highest BCUT2D eigenvalue weighted by molar-refractivity contribution is 5.76. The van der Waals surface area contributed by atoms with Crippen LogP contribution in [0, 0.1) is 0 Å². The summed E-state index contributed by atoms with van der Waals surface area (Å²) in [6, 6.07) is 7.96. The van der Waals surface area contributed by atoms with E-state index in [1.54, 1.807) is 12.5 Å². The van der Waals surface area contributed by atoms with Gasteiger partial charge in [0.15, 0.2) is 0 Å². The molecule has 0 saturated carbocycles. The number of nitrogens with one attached hydrogen (secondary N) is 1. The van der Waals surface area contributed by atoms with E-state index in [4.69, 9.17) is 5.73 Å². The molecule has 1 amide bonds. The maximum Gasteiger partial charge on any atom is 0.221 e. The number of carbonyl (C=O) groups excluding carboxylic acids is 1. The standard InChI is InChI=1S/C14H18N4O/c1-11(17-14(19)5-6-15)12-3-2-4-13(9-12)18-8-7-16-10-18/h2-4,7-11H,5-6,15H2,1H3,(H,17,19). The second-order valence-corrected chi connectivity index (χ2v) is 4.39. The molecule has 1 heterocycles. The normalized spacial score (nSPS) is 12.1. The van der Waals surface area contributed by atoms with E-state index in [1.807, 2.05) is 42.0 Å². The molecule has 2 aromatic rings. The molecule has 0 bridgehead atoms. The number of amides is 1. The lowest BCUT2D eigenvalue weighted by Crippen LogP contribution is -2.28. The molecule has 5 heteroatoms. The van der Waals surface area contributed by atoms with Gasteiger partial charge in [-0.05, 0) is 24.6 Å². The first kappa shape index (κ1) is 13.3. The zero-order valence-corrected chi connectivity index (χ0v) is 10.9. The Morgan fingerprint density at radius 3 is 3.05 bits per heavy atom. The maximum atomic E-state index is 11.5. The van der Waals surface area contributed by atoms with Gasteiger partial charge in [0.2, 0.25) is 5.91 Å². The van der Waals surface area contributed by atoms with E-state index in [1.165, 1.54) is 0 Å². The van der Waals surface area contributed by atoms with Crippen LogP contribution in [0.15, 0.2) is 43.0 Å². The molecule has 0 spiro atoms. The molecule has 19 heavy (non-hydrogen) atoms.